The van der Waals surface area contributed by atoms with Gasteiger partial charge in [0.05, 0.1) is 0 Å². The zero-order valence-electron chi connectivity index (χ0n) is 9.62. The Balaban J connectivity index is 5.02. The zero-order valence-corrected chi connectivity index (χ0v) is 9.62. The van der Waals surface area contributed by atoms with E-state index in [-0.39, 0.29) is 5.91 Å². The van der Waals surface area contributed by atoms with Gasteiger partial charge in [0.15, 0.2) is 0 Å². The lowest BCUT2D eigenvalue weighted by molar-refractivity contribution is -0.114. The van der Waals surface area contributed by atoms with Crippen molar-refractivity contribution in [1.29, 1.82) is 0 Å². The molecule has 0 spiro atoms. The summed E-state index contributed by atoms with van der Waals surface area (Å²) in [6, 6.07) is 0. The van der Waals surface area contributed by atoms with Crippen molar-refractivity contribution in [2.75, 3.05) is 13.1 Å². The Morgan fingerprint density at radius 2 is 1.80 bits per heavy atom. The van der Waals surface area contributed by atoms with Gasteiger partial charge in [0.2, 0.25) is 5.91 Å². The summed E-state index contributed by atoms with van der Waals surface area (Å²) in [6.07, 6.45) is 4.37. The fourth-order valence-electron chi connectivity index (χ4n) is 1.47. The second kappa shape index (κ2) is 6.87. The monoisotopic (exact) mass is 208 g/mol. The van der Waals surface area contributed by atoms with E-state index in [4.69, 9.17) is 5.73 Å². The van der Waals surface area contributed by atoms with Crippen molar-refractivity contribution in [3.05, 3.63) is 36.6 Å². The highest BCUT2D eigenvalue weighted by Gasteiger charge is 2.11. The molecule has 0 aromatic heterocycles. The van der Waals surface area contributed by atoms with Crippen molar-refractivity contribution < 1.29 is 4.79 Å². The third-order valence-corrected chi connectivity index (χ3v) is 2.22. The molecular formula is C12H20N2O. The van der Waals surface area contributed by atoms with Gasteiger partial charge < -0.3 is 10.6 Å². The van der Waals surface area contributed by atoms with Crippen molar-refractivity contribution in [2.45, 2.75) is 20.3 Å². The SMILES string of the molecule is C=CCN(CC=C)C(CC)=C(C)C(N)=O. The summed E-state index contributed by atoms with van der Waals surface area (Å²) in [4.78, 5) is 13.1. The molecule has 0 aliphatic heterocycles. The molecule has 1 amide bonds. The van der Waals surface area contributed by atoms with Crippen LogP contribution in [-0.2, 0) is 4.79 Å². The van der Waals surface area contributed by atoms with E-state index < -0.39 is 0 Å². The van der Waals surface area contributed by atoms with Gasteiger partial charge in [0, 0.05) is 24.4 Å². The van der Waals surface area contributed by atoms with Crippen LogP contribution in [-0.4, -0.2) is 23.9 Å². The molecule has 0 rings (SSSR count). The Bertz CT molecular complexity index is 269. The van der Waals surface area contributed by atoms with E-state index in [2.05, 4.69) is 13.2 Å². The number of nitrogens with two attached hydrogens (primary N) is 1. The van der Waals surface area contributed by atoms with Gasteiger partial charge >= 0.3 is 0 Å². The maximum Gasteiger partial charge on any atom is 0.246 e. The summed E-state index contributed by atoms with van der Waals surface area (Å²) in [7, 11) is 0. The third-order valence-electron chi connectivity index (χ3n) is 2.22. The number of carbonyl (C=O) groups excluding carboxylic acids is 1. The van der Waals surface area contributed by atoms with Gasteiger partial charge in [-0.1, -0.05) is 19.1 Å². The average molecular weight is 208 g/mol. The number of primary amides is 1. The van der Waals surface area contributed by atoms with E-state index >= 15 is 0 Å². The quantitative estimate of drug-likeness (QED) is 0.512. The molecule has 0 atom stereocenters. The van der Waals surface area contributed by atoms with Crippen LogP contribution in [0.4, 0.5) is 0 Å². The molecule has 84 valence electrons. The standard InChI is InChI=1S/C12H20N2O/c1-5-8-14(9-6-2)11(7-3)10(4)12(13)15/h5-6H,1-2,7-9H2,3-4H3,(H2,13,15). The third kappa shape index (κ3) is 4.02. The van der Waals surface area contributed by atoms with Crippen molar-refractivity contribution >= 4 is 5.91 Å². The van der Waals surface area contributed by atoms with Gasteiger partial charge in [-0.2, -0.15) is 0 Å². The predicted molar refractivity (Wildman–Crippen MR) is 64.2 cm³/mol. The average Bonchev–Trinajstić information content (AvgIpc) is 2.19. The van der Waals surface area contributed by atoms with Crippen LogP contribution >= 0.6 is 0 Å². The van der Waals surface area contributed by atoms with E-state index in [9.17, 15) is 4.79 Å². The molecule has 0 aliphatic carbocycles. The lowest BCUT2D eigenvalue weighted by Gasteiger charge is -2.25. The predicted octanol–water partition coefficient (Wildman–Crippen LogP) is 1.83. The first-order chi connectivity index (χ1) is 7.08. The molecule has 0 aliphatic rings. The number of allylic oxidation sites excluding steroid dienone is 1. The van der Waals surface area contributed by atoms with Gasteiger partial charge in [-0.25, -0.2) is 0 Å². The van der Waals surface area contributed by atoms with E-state index in [1.54, 1.807) is 19.1 Å². The van der Waals surface area contributed by atoms with Crippen LogP contribution in [0.3, 0.4) is 0 Å². The summed E-state index contributed by atoms with van der Waals surface area (Å²) >= 11 is 0. The zero-order chi connectivity index (χ0) is 11.8. The van der Waals surface area contributed by atoms with Gasteiger partial charge in [-0.15, -0.1) is 13.2 Å². The van der Waals surface area contributed by atoms with Gasteiger partial charge in [-0.05, 0) is 13.3 Å². The molecular weight excluding hydrogens is 188 g/mol. The molecule has 0 fully saturated rings. The first-order valence-corrected chi connectivity index (χ1v) is 5.04. The summed E-state index contributed by atoms with van der Waals surface area (Å²) < 4.78 is 0. The van der Waals surface area contributed by atoms with Crippen LogP contribution in [0.1, 0.15) is 20.3 Å². The molecule has 0 saturated carbocycles. The molecule has 0 heterocycles. The summed E-state index contributed by atoms with van der Waals surface area (Å²) in [5.41, 5.74) is 6.84. The van der Waals surface area contributed by atoms with Gasteiger partial charge in [0.25, 0.3) is 0 Å². The topological polar surface area (TPSA) is 46.3 Å². The largest absolute Gasteiger partial charge is 0.367 e. The number of hydrogen-bond donors (Lipinski definition) is 1. The van der Waals surface area contributed by atoms with Crippen molar-refractivity contribution in [2.24, 2.45) is 5.73 Å². The molecule has 0 unspecified atom stereocenters. The fourth-order valence-corrected chi connectivity index (χ4v) is 1.47. The minimum absolute atomic E-state index is 0.370. The molecule has 3 heteroatoms. The second-order valence-electron chi connectivity index (χ2n) is 3.27. The number of rotatable bonds is 7. The van der Waals surface area contributed by atoms with Crippen LogP contribution in [0.25, 0.3) is 0 Å². The van der Waals surface area contributed by atoms with E-state index in [0.29, 0.717) is 18.7 Å². The molecule has 0 saturated heterocycles. The van der Waals surface area contributed by atoms with Crippen LogP contribution in [0.15, 0.2) is 36.6 Å². The fraction of sp³-hybridized carbons (Fsp3) is 0.417. The minimum atomic E-state index is -0.370. The highest BCUT2D eigenvalue weighted by Crippen LogP contribution is 2.14. The number of nitrogens with zero attached hydrogens (tertiary/aromatic N) is 1. The Morgan fingerprint density at radius 3 is 2.07 bits per heavy atom. The van der Waals surface area contributed by atoms with E-state index in [1.165, 1.54) is 0 Å². The molecule has 0 bridgehead atoms. The molecule has 15 heavy (non-hydrogen) atoms. The molecule has 0 aromatic carbocycles. The number of hydrogen-bond acceptors (Lipinski definition) is 2. The highest BCUT2D eigenvalue weighted by atomic mass is 16.1. The second-order valence-corrected chi connectivity index (χ2v) is 3.27. The Morgan fingerprint density at radius 1 is 1.33 bits per heavy atom. The minimum Gasteiger partial charge on any atom is -0.367 e. The van der Waals surface area contributed by atoms with E-state index in [1.807, 2.05) is 11.8 Å². The van der Waals surface area contributed by atoms with Crippen LogP contribution < -0.4 is 5.73 Å². The Labute approximate surface area is 91.9 Å². The Hall–Kier alpha value is -1.51. The first kappa shape index (κ1) is 13.5. The maximum absolute atomic E-state index is 11.1. The highest BCUT2D eigenvalue weighted by molar-refractivity contribution is 5.91. The molecule has 2 N–H and O–H groups in total. The summed E-state index contributed by atoms with van der Waals surface area (Å²) in [6.45, 7) is 12.5. The molecule has 0 aromatic rings. The normalized spacial score (nSPS) is 11.6. The molecule has 0 radical (unpaired) electrons. The Kier molecular flexibility index (Phi) is 6.18. The smallest absolute Gasteiger partial charge is 0.246 e. The lowest BCUT2D eigenvalue weighted by atomic mass is 10.1. The van der Waals surface area contributed by atoms with Gasteiger partial charge in [-0.3, -0.25) is 4.79 Å². The van der Waals surface area contributed by atoms with Crippen LogP contribution in [0.5, 0.6) is 0 Å². The lowest BCUT2D eigenvalue weighted by Crippen LogP contribution is -2.27. The van der Waals surface area contributed by atoms with Crippen molar-refractivity contribution in [3.63, 3.8) is 0 Å². The number of carbonyl (C=O) groups is 1. The van der Waals surface area contributed by atoms with E-state index in [0.717, 1.165) is 12.1 Å². The van der Waals surface area contributed by atoms with Crippen molar-refractivity contribution in [3.8, 4) is 0 Å². The first-order valence-electron chi connectivity index (χ1n) is 5.04. The van der Waals surface area contributed by atoms with Gasteiger partial charge in [0.1, 0.15) is 0 Å². The number of amides is 1. The summed E-state index contributed by atoms with van der Waals surface area (Å²) in [5.74, 6) is -0.370. The summed E-state index contributed by atoms with van der Waals surface area (Å²) in [5, 5.41) is 0. The van der Waals surface area contributed by atoms with Crippen molar-refractivity contribution in [1.82, 2.24) is 4.90 Å². The van der Waals surface area contributed by atoms with Crippen LogP contribution in [0, 0.1) is 0 Å². The molecule has 3 nitrogen and oxygen atoms in total. The maximum atomic E-state index is 11.1. The van der Waals surface area contributed by atoms with Crippen LogP contribution in [0.2, 0.25) is 0 Å².